The predicted octanol–water partition coefficient (Wildman–Crippen LogP) is 3.02. The second-order valence-corrected chi connectivity index (χ2v) is 8.23. The molecule has 0 fully saturated rings. The Bertz CT molecular complexity index is 948. The van der Waals surface area contributed by atoms with Crippen molar-refractivity contribution in [1.82, 2.24) is 0 Å². The molecule has 0 aliphatic carbocycles. The minimum Gasteiger partial charge on any atom is -0.465 e. The Labute approximate surface area is 165 Å². The Morgan fingerprint density at radius 1 is 1.04 bits per heavy atom. The number of esters is 1. The first-order valence-corrected chi connectivity index (χ1v) is 10.2. The highest BCUT2D eigenvalue weighted by molar-refractivity contribution is 7.92. The molecule has 1 amide bonds. The zero-order valence-corrected chi connectivity index (χ0v) is 17.2. The summed E-state index contributed by atoms with van der Waals surface area (Å²) < 4.78 is 32.5. The van der Waals surface area contributed by atoms with Gasteiger partial charge in [0.15, 0.2) is 0 Å². The highest BCUT2D eigenvalue weighted by Crippen LogP contribution is 2.26. The quantitative estimate of drug-likeness (QED) is 0.716. The Balaban J connectivity index is 2.48. The van der Waals surface area contributed by atoms with Gasteiger partial charge in [0.25, 0.3) is 10.0 Å². The summed E-state index contributed by atoms with van der Waals surface area (Å²) in [6, 6.07) is 11.1. The number of ether oxygens (including phenoxy) is 1. The lowest BCUT2D eigenvalue weighted by atomic mass is 10.1. The Morgan fingerprint density at radius 3 is 2.11 bits per heavy atom. The van der Waals surface area contributed by atoms with Crippen LogP contribution < -0.4 is 9.62 Å². The molecule has 1 N–H and O–H groups in total. The number of hydrogen-bond acceptors (Lipinski definition) is 5. The van der Waals surface area contributed by atoms with Gasteiger partial charge in [0.1, 0.15) is 6.54 Å². The summed E-state index contributed by atoms with van der Waals surface area (Å²) in [6.07, 6.45) is 0. The molecule has 2 rings (SSSR count). The van der Waals surface area contributed by atoms with E-state index in [0.717, 1.165) is 15.4 Å². The van der Waals surface area contributed by atoms with Gasteiger partial charge in [-0.3, -0.25) is 13.9 Å². The fourth-order valence-electron chi connectivity index (χ4n) is 2.77. The molecule has 0 saturated carbocycles. The second-order valence-electron chi connectivity index (χ2n) is 6.37. The van der Waals surface area contributed by atoms with E-state index < -0.39 is 22.5 Å². The highest BCUT2D eigenvalue weighted by atomic mass is 32.2. The lowest BCUT2D eigenvalue weighted by Gasteiger charge is -2.24. The lowest BCUT2D eigenvalue weighted by Crippen LogP contribution is -2.36. The van der Waals surface area contributed by atoms with E-state index in [1.165, 1.54) is 31.2 Å². The van der Waals surface area contributed by atoms with Gasteiger partial charge in [0.2, 0.25) is 5.91 Å². The number of rotatable bonds is 7. The maximum atomic E-state index is 13.3. The molecule has 0 radical (unpaired) electrons. The monoisotopic (exact) mass is 404 g/mol. The van der Waals surface area contributed by atoms with Gasteiger partial charge in [-0.2, -0.15) is 0 Å². The Hall–Kier alpha value is -2.87. The molecule has 0 saturated heterocycles. The Kier molecular flexibility index (Phi) is 6.80. The van der Waals surface area contributed by atoms with Crippen LogP contribution in [0, 0.1) is 13.8 Å². The van der Waals surface area contributed by atoms with Gasteiger partial charge in [-0.25, -0.2) is 8.42 Å². The van der Waals surface area contributed by atoms with Crippen molar-refractivity contribution in [3.8, 4) is 0 Å². The number of benzene rings is 2. The van der Waals surface area contributed by atoms with Crippen LogP contribution in [0.2, 0.25) is 0 Å². The maximum absolute atomic E-state index is 13.3. The van der Waals surface area contributed by atoms with E-state index in [1.807, 2.05) is 19.9 Å². The largest absolute Gasteiger partial charge is 0.465 e. The van der Waals surface area contributed by atoms with Gasteiger partial charge >= 0.3 is 5.97 Å². The third-order valence-corrected chi connectivity index (χ3v) is 5.62. The summed E-state index contributed by atoms with van der Waals surface area (Å²) in [5.74, 6) is -0.894. The third kappa shape index (κ3) is 5.32. The first-order valence-electron chi connectivity index (χ1n) is 8.77. The van der Waals surface area contributed by atoms with Gasteiger partial charge in [0.05, 0.1) is 17.2 Å². The molecule has 0 spiro atoms. The molecule has 0 aliphatic rings. The fourth-order valence-corrected chi connectivity index (χ4v) is 4.17. The standard InChI is InChI=1S/C20H24N2O5S/c1-5-27-20(24)13-22(18-11-14(2)10-15(3)12-18)28(25,26)19-8-6-17(7-9-19)21-16(4)23/h6-12H,5,13H2,1-4H3,(H,21,23). The minimum absolute atomic E-state index is 0.00468. The fraction of sp³-hybridized carbons (Fsp3) is 0.300. The zero-order chi connectivity index (χ0) is 20.9. The lowest BCUT2D eigenvalue weighted by molar-refractivity contribution is -0.141. The first kappa shape index (κ1) is 21.4. The van der Waals surface area contributed by atoms with Crippen LogP contribution >= 0.6 is 0 Å². The molecule has 2 aromatic rings. The van der Waals surface area contributed by atoms with E-state index in [4.69, 9.17) is 4.74 Å². The third-order valence-electron chi connectivity index (χ3n) is 3.84. The van der Waals surface area contributed by atoms with E-state index in [9.17, 15) is 18.0 Å². The number of hydrogen-bond donors (Lipinski definition) is 1. The number of nitrogens with zero attached hydrogens (tertiary/aromatic N) is 1. The second kappa shape index (κ2) is 8.88. The van der Waals surface area contributed by atoms with Crippen molar-refractivity contribution in [2.45, 2.75) is 32.6 Å². The smallest absolute Gasteiger partial charge is 0.326 e. The Morgan fingerprint density at radius 2 is 1.61 bits per heavy atom. The summed E-state index contributed by atoms with van der Waals surface area (Å²) in [7, 11) is -4.03. The molecule has 0 atom stereocenters. The molecular formula is C20H24N2O5S. The van der Waals surface area contributed by atoms with Gasteiger partial charge in [-0.1, -0.05) is 6.07 Å². The first-order chi connectivity index (χ1) is 13.1. The number of aryl methyl sites for hydroxylation is 2. The van der Waals surface area contributed by atoms with E-state index in [-0.39, 0.29) is 17.4 Å². The molecular weight excluding hydrogens is 380 g/mol. The van der Waals surface area contributed by atoms with E-state index in [2.05, 4.69) is 5.32 Å². The molecule has 0 bridgehead atoms. The average molecular weight is 404 g/mol. The molecule has 8 heteroatoms. The number of carbonyl (C=O) groups excluding carboxylic acids is 2. The van der Waals surface area contributed by atoms with Crippen molar-refractivity contribution >= 4 is 33.3 Å². The molecule has 0 aliphatic heterocycles. The topological polar surface area (TPSA) is 92.8 Å². The van der Waals surface area contributed by atoms with Gasteiger partial charge in [-0.15, -0.1) is 0 Å². The van der Waals surface area contributed by atoms with Gasteiger partial charge in [-0.05, 0) is 68.3 Å². The number of anilines is 2. The molecule has 0 aromatic heterocycles. The number of carbonyl (C=O) groups is 2. The van der Waals surface area contributed by atoms with E-state index in [1.54, 1.807) is 19.1 Å². The van der Waals surface area contributed by atoms with Crippen LogP contribution in [0.15, 0.2) is 47.4 Å². The summed E-state index contributed by atoms with van der Waals surface area (Å²) >= 11 is 0. The number of nitrogens with one attached hydrogen (secondary N) is 1. The van der Waals surface area contributed by atoms with Crippen molar-refractivity contribution < 1.29 is 22.7 Å². The van der Waals surface area contributed by atoms with Crippen LogP contribution in [0.3, 0.4) is 0 Å². The summed E-state index contributed by atoms with van der Waals surface area (Å²) in [4.78, 5) is 23.2. The zero-order valence-electron chi connectivity index (χ0n) is 16.4. The molecule has 28 heavy (non-hydrogen) atoms. The van der Waals surface area contributed by atoms with Crippen molar-refractivity contribution in [2.75, 3.05) is 22.8 Å². The summed E-state index contributed by atoms with van der Waals surface area (Å²) in [5.41, 5.74) is 2.62. The SMILES string of the molecule is CCOC(=O)CN(c1cc(C)cc(C)c1)S(=O)(=O)c1ccc(NC(C)=O)cc1. The van der Waals surface area contributed by atoms with Gasteiger partial charge in [0, 0.05) is 12.6 Å². The van der Waals surface area contributed by atoms with Crippen LogP contribution in [-0.4, -0.2) is 33.4 Å². The molecule has 150 valence electrons. The van der Waals surface area contributed by atoms with Gasteiger partial charge < -0.3 is 10.1 Å². The van der Waals surface area contributed by atoms with Crippen LogP contribution in [-0.2, 0) is 24.3 Å². The van der Waals surface area contributed by atoms with Crippen molar-refractivity contribution in [2.24, 2.45) is 0 Å². The molecule has 0 unspecified atom stereocenters. The average Bonchev–Trinajstić information content (AvgIpc) is 2.59. The minimum atomic E-state index is -4.03. The predicted molar refractivity (Wildman–Crippen MR) is 108 cm³/mol. The van der Waals surface area contributed by atoms with Crippen LogP contribution in [0.1, 0.15) is 25.0 Å². The number of sulfonamides is 1. The molecule has 0 heterocycles. The van der Waals surface area contributed by atoms with Crippen LogP contribution in [0.5, 0.6) is 0 Å². The molecule has 7 nitrogen and oxygen atoms in total. The molecule has 2 aromatic carbocycles. The van der Waals surface area contributed by atoms with Crippen molar-refractivity contribution in [1.29, 1.82) is 0 Å². The van der Waals surface area contributed by atoms with Crippen LogP contribution in [0.4, 0.5) is 11.4 Å². The normalized spacial score (nSPS) is 11.0. The van der Waals surface area contributed by atoms with Crippen LogP contribution in [0.25, 0.3) is 0 Å². The van der Waals surface area contributed by atoms with Crippen molar-refractivity contribution in [3.63, 3.8) is 0 Å². The van der Waals surface area contributed by atoms with E-state index >= 15 is 0 Å². The maximum Gasteiger partial charge on any atom is 0.326 e. The highest BCUT2D eigenvalue weighted by Gasteiger charge is 2.28. The van der Waals surface area contributed by atoms with Crippen molar-refractivity contribution in [3.05, 3.63) is 53.6 Å². The summed E-state index contributed by atoms with van der Waals surface area (Å²) in [6.45, 7) is 6.46. The summed E-state index contributed by atoms with van der Waals surface area (Å²) in [5, 5.41) is 2.59. The number of amides is 1. The van der Waals surface area contributed by atoms with E-state index in [0.29, 0.717) is 11.4 Å².